The minimum Gasteiger partial charge on any atom is -0.361 e. The van der Waals surface area contributed by atoms with Gasteiger partial charge in [0.2, 0.25) is 0 Å². The lowest BCUT2D eigenvalue weighted by Crippen LogP contribution is -2.26. The normalized spacial score (nSPS) is 18.3. The van der Waals surface area contributed by atoms with E-state index in [4.69, 9.17) is 33.2 Å². The second kappa shape index (κ2) is 9.25. The van der Waals surface area contributed by atoms with Crippen LogP contribution in [0.25, 0.3) is 11.3 Å². The molecule has 6 heteroatoms. The Hall–Kier alpha value is -1.62. The summed E-state index contributed by atoms with van der Waals surface area (Å²) in [6.07, 6.45) is 5.14. The Balaban J connectivity index is 1.76. The number of aryl methyl sites for hydroxylation is 3. The van der Waals surface area contributed by atoms with Gasteiger partial charge < -0.3 is 5.32 Å². The van der Waals surface area contributed by atoms with E-state index >= 15 is 0 Å². The van der Waals surface area contributed by atoms with Crippen molar-refractivity contribution in [3.05, 3.63) is 61.5 Å². The third kappa shape index (κ3) is 4.10. The number of thiophene rings is 1. The van der Waals surface area contributed by atoms with Crippen LogP contribution in [0, 0.1) is 5.92 Å². The summed E-state index contributed by atoms with van der Waals surface area (Å²) in [6.45, 7) is 6.52. The number of rotatable bonds is 6. The molecule has 0 aliphatic heterocycles. The number of hydrogen-bond acceptors (Lipinski definition) is 4. The molecule has 2 atom stereocenters. The summed E-state index contributed by atoms with van der Waals surface area (Å²) in [5, 5.41) is 7.25. The number of aromatic nitrogens is 2. The highest BCUT2D eigenvalue weighted by molar-refractivity contribution is 7.10. The van der Waals surface area contributed by atoms with Crippen molar-refractivity contribution in [3.8, 4) is 11.3 Å². The molecule has 158 valence electrons. The zero-order valence-corrected chi connectivity index (χ0v) is 20.0. The molecule has 1 N–H and O–H groups in total. The molecule has 0 spiro atoms. The van der Waals surface area contributed by atoms with Gasteiger partial charge in [-0.05, 0) is 66.8 Å². The molecule has 0 radical (unpaired) electrons. The van der Waals surface area contributed by atoms with Crippen LogP contribution in [0.15, 0.2) is 29.6 Å². The van der Waals surface area contributed by atoms with Crippen LogP contribution in [0.3, 0.4) is 0 Å². The lowest BCUT2D eigenvalue weighted by molar-refractivity contribution is 0.389. The molecule has 0 saturated carbocycles. The third-order valence-corrected chi connectivity index (χ3v) is 7.59. The van der Waals surface area contributed by atoms with Crippen molar-refractivity contribution in [2.75, 3.05) is 5.32 Å². The van der Waals surface area contributed by atoms with Crippen LogP contribution in [0.1, 0.15) is 61.5 Å². The smallest absolute Gasteiger partial charge is 0.148 e. The molecular weight excluding hydrogens is 433 g/mol. The second-order valence-electron chi connectivity index (χ2n) is 7.77. The Morgan fingerprint density at radius 1 is 1.07 bits per heavy atom. The monoisotopic (exact) mass is 459 g/mol. The maximum absolute atomic E-state index is 6.50. The molecule has 0 unspecified atom stereocenters. The van der Waals surface area contributed by atoms with Crippen molar-refractivity contribution in [1.29, 1.82) is 0 Å². The van der Waals surface area contributed by atoms with Crippen molar-refractivity contribution in [2.24, 2.45) is 5.92 Å². The molecule has 30 heavy (non-hydrogen) atoms. The average Bonchev–Trinajstić information content (AvgIpc) is 3.23. The molecule has 2 aromatic heterocycles. The summed E-state index contributed by atoms with van der Waals surface area (Å²) in [7, 11) is 0. The van der Waals surface area contributed by atoms with Gasteiger partial charge in [-0.25, -0.2) is 9.97 Å². The molecule has 1 aromatic carbocycles. The van der Waals surface area contributed by atoms with Crippen molar-refractivity contribution >= 4 is 40.4 Å². The highest BCUT2D eigenvalue weighted by Crippen LogP contribution is 2.41. The summed E-state index contributed by atoms with van der Waals surface area (Å²) in [4.78, 5) is 11.6. The van der Waals surface area contributed by atoms with Crippen LogP contribution in [0.4, 0.5) is 5.82 Å². The first-order chi connectivity index (χ1) is 14.5. The molecule has 1 aliphatic rings. The highest BCUT2D eigenvalue weighted by atomic mass is 35.5. The van der Waals surface area contributed by atoms with Gasteiger partial charge in [-0.1, -0.05) is 50.4 Å². The highest BCUT2D eigenvalue weighted by Gasteiger charge is 2.30. The van der Waals surface area contributed by atoms with Crippen molar-refractivity contribution in [3.63, 3.8) is 0 Å². The lowest BCUT2D eigenvalue weighted by Gasteiger charge is -2.33. The fourth-order valence-electron chi connectivity index (χ4n) is 4.36. The third-order valence-electron chi connectivity index (χ3n) is 6.04. The fourth-order valence-corrected chi connectivity index (χ4v) is 5.80. The van der Waals surface area contributed by atoms with Crippen molar-refractivity contribution in [2.45, 2.75) is 58.9 Å². The largest absolute Gasteiger partial charge is 0.361 e. The summed E-state index contributed by atoms with van der Waals surface area (Å²) < 4.78 is 0. The van der Waals surface area contributed by atoms with Gasteiger partial charge in [-0.3, -0.25) is 0 Å². The minimum atomic E-state index is 0.291. The van der Waals surface area contributed by atoms with Gasteiger partial charge in [0.05, 0.1) is 28.1 Å². The Bertz CT molecular complexity index is 1050. The van der Waals surface area contributed by atoms with Gasteiger partial charge in [0.1, 0.15) is 5.82 Å². The average molecular weight is 460 g/mol. The summed E-state index contributed by atoms with van der Waals surface area (Å²) in [5.74, 6) is 1.51. The van der Waals surface area contributed by atoms with E-state index in [-0.39, 0.29) is 0 Å². The summed E-state index contributed by atoms with van der Waals surface area (Å²) in [5.41, 5.74) is 5.10. The van der Waals surface area contributed by atoms with Crippen molar-refractivity contribution in [1.82, 2.24) is 9.97 Å². The van der Waals surface area contributed by atoms with E-state index in [1.165, 1.54) is 23.3 Å². The Morgan fingerprint density at radius 2 is 1.87 bits per heavy atom. The Labute approximate surface area is 192 Å². The topological polar surface area (TPSA) is 37.8 Å². The molecule has 0 bridgehead atoms. The minimum absolute atomic E-state index is 0.291. The standard InChI is InChI=1S/C24H27Cl2N3S/c1-4-14-7-10-21-17(11-12-30-21)22(14)29-24-20(6-3)27-23(19(5-2)28-24)16-9-8-15(25)13-18(16)26/h8-9,11-14,22H,4-7,10H2,1-3H3,(H,28,29)/t14-,22+/m1/s1. The van der Waals surface area contributed by atoms with Crippen LogP contribution < -0.4 is 5.32 Å². The maximum Gasteiger partial charge on any atom is 0.148 e. The Morgan fingerprint density at radius 3 is 2.57 bits per heavy atom. The van der Waals surface area contributed by atoms with Crippen LogP contribution >= 0.6 is 34.5 Å². The van der Waals surface area contributed by atoms with E-state index in [0.717, 1.165) is 47.7 Å². The number of halogens is 2. The van der Waals surface area contributed by atoms with E-state index in [0.29, 0.717) is 22.0 Å². The van der Waals surface area contributed by atoms with Gasteiger partial charge in [0.15, 0.2) is 0 Å². The summed E-state index contributed by atoms with van der Waals surface area (Å²) >= 11 is 14.5. The van der Waals surface area contributed by atoms with Crippen LogP contribution in [-0.2, 0) is 19.3 Å². The lowest BCUT2D eigenvalue weighted by atomic mass is 9.82. The second-order valence-corrected chi connectivity index (χ2v) is 9.62. The molecule has 0 amide bonds. The van der Waals surface area contributed by atoms with Gasteiger partial charge in [0, 0.05) is 15.5 Å². The maximum atomic E-state index is 6.50. The van der Waals surface area contributed by atoms with Gasteiger partial charge >= 0.3 is 0 Å². The first kappa shape index (κ1) is 21.6. The number of nitrogens with one attached hydrogen (secondary N) is 1. The quantitative estimate of drug-likeness (QED) is 0.408. The Kier molecular flexibility index (Phi) is 6.66. The fraction of sp³-hybridized carbons (Fsp3) is 0.417. The first-order valence-corrected chi connectivity index (χ1v) is 12.4. The number of benzene rings is 1. The van der Waals surface area contributed by atoms with Gasteiger partial charge in [0.25, 0.3) is 0 Å². The number of hydrogen-bond donors (Lipinski definition) is 1. The zero-order chi connectivity index (χ0) is 21.3. The molecule has 1 aliphatic carbocycles. The summed E-state index contributed by atoms with van der Waals surface area (Å²) in [6, 6.07) is 8.13. The molecular formula is C24H27Cl2N3S. The molecule has 0 saturated heterocycles. The number of nitrogens with zero attached hydrogens (tertiary/aromatic N) is 2. The van der Waals surface area contributed by atoms with E-state index < -0.39 is 0 Å². The SMILES string of the molecule is CCc1nc(-c2ccc(Cl)cc2Cl)c(CC)nc1N[C@@H]1c2ccsc2CC[C@H]1CC. The first-order valence-electron chi connectivity index (χ1n) is 10.7. The van der Waals surface area contributed by atoms with Crippen molar-refractivity contribution < 1.29 is 0 Å². The van der Waals surface area contributed by atoms with E-state index in [9.17, 15) is 0 Å². The molecule has 4 rings (SSSR count). The zero-order valence-electron chi connectivity index (χ0n) is 17.6. The van der Waals surface area contributed by atoms with Gasteiger partial charge in [-0.2, -0.15) is 0 Å². The number of fused-ring (bicyclic) bond motifs is 1. The van der Waals surface area contributed by atoms with Gasteiger partial charge in [-0.15, -0.1) is 11.3 Å². The molecule has 3 aromatic rings. The number of anilines is 1. The van der Waals surface area contributed by atoms with E-state index in [2.05, 4.69) is 37.5 Å². The van der Waals surface area contributed by atoms with E-state index in [1.807, 2.05) is 23.5 Å². The predicted molar refractivity (Wildman–Crippen MR) is 129 cm³/mol. The molecule has 2 heterocycles. The predicted octanol–water partition coefficient (Wildman–Crippen LogP) is 7.76. The molecule has 3 nitrogen and oxygen atoms in total. The van der Waals surface area contributed by atoms with Crippen LogP contribution in [0.5, 0.6) is 0 Å². The molecule has 0 fully saturated rings. The van der Waals surface area contributed by atoms with Crippen LogP contribution in [-0.4, -0.2) is 9.97 Å². The van der Waals surface area contributed by atoms with E-state index in [1.54, 1.807) is 6.07 Å². The van der Waals surface area contributed by atoms with Crippen LogP contribution in [0.2, 0.25) is 10.0 Å².